The number of nitrogens with zero attached hydrogens (tertiary/aromatic N) is 2. The Balaban J connectivity index is 1.87. The minimum absolute atomic E-state index is 0.0922. The van der Waals surface area contributed by atoms with E-state index in [9.17, 15) is 4.79 Å². The van der Waals surface area contributed by atoms with Crippen molar-refractivity contribution in [3.05, 3.63) is 53.7 Å². The lowest BCUT2D eigenvalue weighted by molar-refractivity contribution is 0.0724. The topological polar surface area (TPSA) is 46.3 Å². The Hall–Kier alpha value is -2.10. The van der Waals surface area contributed by atoms with Gasteiger partial charge in [0.25, 0.3) is 5.91 Å². The van der Waals surface area contributed by atoms with Crippen LogP contribution in [-0.4, -0.2) is 22.8 Å². The van der Waals surface area contributed by atoms with E-state index in [1.54, 1.807) is 4.90 Å². The molecular formula is C14H14N2O2. The zero-order chi connectivity index (χ0) is 12.5. The average Bonchev–Trinajstić information content (AvgIpc) is 3.06. The Kier molecular flexibility index (Phi) is 2.63. The number of aryl methyl sites for hydroxylation is 1. The van der Waals surface area contributed by atoms with Crippen LogP contribution in [0.5, 0.6) is 0 Å². The number of fused-ring (bicyclic) bond motifs is 1. The Labute approximate surface area is 105 Å². The van der Waals surface area contributed by atoms with Crippen LogP contribution in [-0.2, 0) is 6.42 Å². The van der Waals surface area contributed by atoms with Gasteiger partial charge in [0.1, 0.15) is 6.26 Å². The predicted octanol–water partition coefficient (Wildman–Crippen LogP) is 2.43. The maximum Gasteiger partial charge on any atom is 0.276 e. The first kappa shape index (κ1) is 11.0. The predicted molar refractivity (Wildman–Crippen MR) is 66.1 cm³/mol. The lowest BCUT2D eigenvalue weighted by atomic mass is 10.1. The molecule has 4 heteroatoms. The second-order valence-corrected chi connectivity index (χ2v) is 4.54. The number of oxazole rings is 1. The average molecular weight is 242 g/mol. The zero-order valence-corrected chi connectivity index (χ0v) is 10.2. The monoisotopic (exact) mass is 242 g/mol. The van der Waals surface area contributed by atoms with Crippen LogP contribution < -0.4 is 0 Å². The third-order valence-electron chi connectivity index (χ3n) is 3.54. The minimum atomic E-state index is -0.0922. The van der Waals surface area contributed by atoms with E-state index < -0.39 is 0 Å². The number of aromatic nitrogens is 1. The molecule has 0 radical (unpaired) electrons. The molecule has 92 valence electrons. The van der Waals surface area contributed by atoms with Gasteiger partial charge in [0.15, 0.2) is 12.1 Å². The minimum Gasteiger partial charge on any atom is -0.451 e. The molecule has 0 fully saturated rings. The number of benzene rings is 1. The molecule has 4 nitrogen and oxygen atoms in total. The molecule has 1 aliphatic carbocycles. The molecule has 1 amide bonds. The first-order chi connectivity index (χ1) is 8.77. The van der Waals surface area contributed by atoms with E-state index >= 15 is 0 Å². The van der Waals surface area contributed by atoms with Crippen molar-refractivity contribution in [2.24, 2.45) is 0 Å². The highest BCUT2D eigenvalue weighted by Crippen LogP contribution is 2.35. The van der Waals surface area contributed by atoms with Gasteiger partial charge in [0, 0.05) is 7.05 Å². The van der Waals surface area contributed by atoms with Gasteiger partial charge in [-0.25, -0.2) is 4.98 Å². The zero-order valence-electron chi connectivity index (χ0n) is 10.2. The molecule has 2 aromatic rings. The van der Waals surface area contributed by atoms with E-state index in [0.29, 0.717) is 5.69 Å². The summed E-state index contributed by atoms with van der Waals surface area (Å²) in [5.41, 5.74) is 2.95. The van der Waals surface area contributed by atoms with Crippen LogP contribution in [0.1, 0.15) is 34.1 Å². The molecule has 0 bridgehead atoms. The number of hydrogen-bond donors (Lipinski definition) is 0. The molecule has 1 heterocycles. The summed E-state index contributed by atoms with van der Waals surface area (Å²) in [4.78, 5) is 17.9. The molecule has 1 aliphatic rings. The third-order valence-corrected chi connectivity index (χ3v) is 3.54. The van der Waals surface area contributed by atoms with Crippen molar-refractivity contribution in [1.82, 2.24) is 9.88 Å². The molecule has 0 spiro atoms. The lowest BCUT2D eigenvalue weighted by Crippen LogP contribution is -2.30. The Morgan fingerprint density at radius 3 is 3.06 bits per heavy atom. The SMILES string of the molecule is CN(C(=O)c1cocn1)C1CCc2ccccc21. The van der Waals surface area contributed by atoms with Crippen molar-refractivity contribution in [2.75, 3.05) is 7.05 Å². The molecule has 1 aromatic heterocycles. The molecule has 0 saturated heterocycles. The van der Waals surface area contributed by atoms with E-state index in [2.05, 4.69) is 17.1 Å². The summed E-state index contributed by atoms with van der Waals surface area (Å²) in [6.07, 6.45) is 4.67. The Morgan fingerprint density at radius 2 is 2.28 bits per heavy atom. The second kappa shape index (κ2) is 4.29. The molecule has 3 rings (SSSR count). The molecule has 1 unspecified atom stereocenters. The molecule has 18 heavy (non-hydrogen) atoms. The van der Waals surface area contributed by atoms with Crippen molar-refractivity contribution in [3.63, 3.8) is 0 Å². The van der Waals surface area contributed by atoms with Gasteiger partial charge in [-0.2, -0.15) is 0 Å². The number of hydrogen-bond acceptors (Lipinski definition) is 3. The van der Waals surface area contributed by atoms with Crippen LogP contribution in [0.2, 0.25) is 0 Å². The molecular weight excluding hydrogens is 228 g/mol. The van der Waals surface area contributed by atoms with Crippen LogP contribution in [0.25, 0.3) is 0 Å². The van der Waals surface area contributed by atoms with Crippen LogP contribution in [0.15, 0.2) is 41.3 Å². The highest BCUT2D eigenvalue weighted by Gasteiger charge is 2.29. The van der Waals surface area contributed by atoms with E-state index in [-0.39, 0.29) is 11.9 Å². The van der Waals surface area contributed by atoms with Gasteiger partial charge >= 0.3 is 0 Å². The van der Waals surface area contributed by atoms with Crippen LogP contribution in [0.3, 0.4) is 0 Å². The molecule has 1 aromatic carbocycles. The first-order valence-electron chi connectivity index (χ1n) is 6.00. The molecule has 1 atom stereocenters. The Morgan fingerprint density at radius 1 is 1.44 bits per heavy atom. The van der Waals surface area contributed by atoms with Crippen molar-refractivity contribution in [2.45, 2.75) is 18.9 Å². The molecule has 0 aliphatic heterocycles. The smallest absolute Gasteiger partial charge is 0.276 e. The van der Waals surface area contributed by atoms with Gasteiger partial charge in [-0.05, 0) is 24.0 Å². The summed E-state index contributed by atoms with van der Waals surface area (Å²) >= 11 is 0. The maximum absolute atomic E-state index is 12.2. The number of carbonyl (C=O) groups is 1. The summed E-state index contributed by atoms with van der Waals surface area (Å²) < 4.78 is 4.86. The van der Waals surface area contributed by atoms with E-state index in [0.717, 1.165) is 12.8 Å². The van der Waals surface area contributed by atoms with Gasteiger partial charge in [-0.1, -0.05) is 24.3 Å². The van der Waals surface area contributed by atoms with E-state index in [1.165, 1.54) is 23.8 Å². The van der Waals surface area contributed by atoms with Gasteiger partial charge < -0.3 is 9.32 Å². The summed E-state index contributed by atoms with van der Waals surface area (Å²) in [5, 5.41) is 0. The summed E-state index contributed by atoms with van der Waals surface area (Å²) in [6, 6.07) is 8.43. The highest BCUT2D eigenvalue weighted by atomic mass is 16.3. The van der Waals surface area contributed by atoms with Crippen molar-refractivity contribution < 1.29 is 9.21 Å². The maximum atomic E-state index is 12.2. The summed E-state index contributed by atoms with van der Waals surface area (Å²) in [7, 11) is 1.82. The van der Waals surface area contributed by atoms with E-state index in [1.807, 2.05) is 19.2 Å². The fraction of sp³-hybridized carbons (Fsp3) is 0.286. The summed E-state index contributed by atoms with van der Waals surface area (Å²) in [6.45, 7) is 0. The van der Waals surface area contributed by atoms with Crippen molar-refractivity contribution in [3.8, 4) is 0 Å². The normalized spacial score (nSPS) is 17.5. The molecule has 0 N–H and O–H groups in total. The van der Waals surface area contributed by atoms with Crippen LogP contribution >= 0.6 is 0 Å². The van der Waals surface area contributed by atoms with Gasteiger partial charge in [-0.15, -0.1) is 0 Å². The highest BCUT2D eigenvalue weighted by molar-refractivity contribution is 5.92. The largest absolute Gasteiger partial charge is 0.451 e. The van der Waals surface area contributed by atoms with Crippen molar-refractivity contribution in [1.29, 1.82) is 0 Å². The van der Waals surface area contributed by atoms with Gasteiger partial charge in [-0.3, -0.25) is 4.79 Å². The van der Waals surface area contributed by atoms with Gasteiger partial charge in [0.05, 0.1) is 6.04 Å². The number of carbonyl (C=O) groups excluding carboxylic acids is 1. The quantitative estimate of drug-likeness (QED) is 0.812. The van der Waals surface area contributed by atoms with Gasteiger partial charge in [0.2, 0.25) is 0 Å². The molecule has 0 saturated carbocycles. The number of amides is 1. The Bertz CT molecular complexity index is 563. The summed E-state index contributed by atoms with van der Waals surface area (Å²) in [5.74, 6) is -0.0922. The fourth-order valence-electron chi connectivity index (χ4n) is 2.58. The lowest BCUT2D eigenvalue weighted by Gasteiger charge is -2.24. The first-order valence-corrected chi connectivity index (χ1v) is 6.00. The van der Waals surface area contributed by atoms with E-state index in [4.69, 9.17) is 4.42 Å². The van der Waals surface area contributed by atoms with Crippen molar-refractivity contribution >= 4 is 5.91 Å². The fourth-order valence-corrected chi connectivity index (χ4v) is 2.58. The number of rotatable bonds is 2. The van der Waals surface area contributed by atoms with Crippen LogP contribution in [0.4, 0.5) is 0 Å². The van der Waals surface area contributed by atoms with Crippen LogP contribution in [0, 0.1) is 0 Å². The third kappa shape index (κ3) is 1.70. The standard InChI is InChI=1S/C14H14N2O2/c1-16(14(17)12-8-18-9-15-12)13-7-6-10-4-2-3-5-11(10)13/h2-5,8-9,13H,6-7H2,1H3. The second-order valence-electron chi connectivity index (χ2n) is 4.54.